The zero-order valence-corrected chi connectivity index (χ0v) is 18.7. The van der Waals surface area contributed by atoms with Gasteiger partial charge in [0.1, 0.15) is 11.5 Å². The Morgan fingerprint density at radius 2 is 1.81 bits per heavy atom. The molecule has 2 aliphatic rings. The summed E-state index contributed by atoms with van der Waals surface area (Å²) < 4.78 is 39.4. The fourth-order valence-electron chi connectivity index (χ4n) is 4.14. The molecule has 1 saturated carbocycles. The van der Waals surface area contributed by atoms with Gasteiger partial charge in [0, 0.05) is 6.04 Å². The van der Waals surface area contributed by atoms with Gasteiger partial charge in [-0.1, -0.05) is 25.3 Å². The molecule has 1 N–H and O–H groups in total. The number of fused-ring (bicyclic) bond motifs is 1. The van der Waals surface area contributed by atoms with E-state index in [1.54, 1.807) is 24.3 Å². The Labute approximate surface area is 183 Å². The lowest BCUT2D eigenvalue weighted by atomic mass is 9.95. The van der Waals surface area contributed by atoms with Gasteiger partial charge in [-0.15, -0.1) is 0 Å². The van der Waals surface area contributed by atoms with Gasteiger partial charge in [-0.2, -0.15) is 0 Å². The first kappa shape index (κ1) is 21.5. The molecule has 0 bridgehead atoms. The monoisotopic (exact) mass is 444 g/mol. The van der Waals surface area contributed by atoms with Gasteiger partial charge in [-0.05, 0) is 61.7 Å². The number of hydrogen-bond acceptors (Lipinski definition) is 5. The van der Waals surface area contributed by atoms with Crippen LogP contribution in [0.1, 0.15) is 37.7 Å². The molecule has 8 heteroatoms. The molecular formula is C23H28N2O5S. The lowest BCUT2D eigenvalue weighted by Crippen LogP contribution is -2.52. The second kappa shape index (κ2) is 8.78. The molecule has 166 valence electrons. The molecule has 1 fully saturated rings. The average Bonchev–Trinajstić information content (AvgIpc) is 2.78. The molecule has 31 heavy (non-hydrogen) atoms. The summed E-state index contributed by atoms with van der Waals surface area (Å²) in [5.74, 6) is 0.697. The maximum atomic E-state index is 13.5. The van der Waals surface area contributed by atoms with Crippen molar-refractivity contribution in [2.75, 3.05) is 18.0 Å². The second-order valence-electron chi connectivity index (χ2n) is 8.13. The first-order chi connectivity index (χ1) is 14.9. The maximum absolute atomic E-state index is 13.5. The molecular weight excluding hydrogens is 416 g/mol. The van der Waals surface area contributed by atoms with Gasteiger partial charge in [0.2, 0.25) is 0 Å². The molecule has 1 aliphatic heterocycles. The van der Waals surface area contributed by atoms with Crippen molar-refractivity contribution >= 4 is 21.6 Å². The van der Waals surface area contributed by atoms with E-state index in [2.05, 4.69) is 5.32 Å². The molecule has 2 aromatic carbocycles. The van der Waals surface area contributed by atoms with Crippen LogP contribution in [-0.4, -0.2) is 40.1 Å². The van der Waals surface area contributed by atoms with E-state index < -0.39 is 16.1 Å². The summed E-state index contributed by atoms with van der Waals surface area (Å²) >= 11 is 0. The van der Waals surface area contributed by atoms with E-state index in [1.165, 1.54) is 30.0 Å². The predicted molar refractivity (Wildman–Crippen MR) is 118 cm³/mol. The predicted octanol–water partition coefficient (Wildman–Crippen LogP) is 3.41. The summed E-state index contributed by atoms with van der Waals surface area (Å²) in [6.45, 7) is 1.82. The topological polar surface area (TPSA) is 84.9 Å². The van der Waals surface area contributed by atoms with Crippen LogP contribution in [0.4, 0.5) is 5.69 Å². The minimum Gasteiger partial charge on any atom is -0.497 e. The molecule has 0 radical (unpaired) electrons. The van der Waals surface area contributed by atoms with Crippen LogP contribution in [0.2, 0.25) is 0 Å². The number of ether oxygens (including phenoxy) is 2. The van der Waals surface area contributed by atoms with E-state index in [1.807, 2.05) is 13.0 Å². The molecule has 1 heterocycles. The Morgan fingerprint density at radius 3 is 2.48 bits per heavy atom. The van der Waals surface area contributed by atoms with E-state index in [4.69, 9.17) is 9.47 Å². The highest BCUT2D eigenvalue weighted by atomic mass is 32.2. The van der Waals surface area contributed by atoms with E-state index in [0.29, 0.717) is 17.2 Å². The quantitative estimate of drug-likeness (QED) is 0.764. The SMILES string of the molecule is COc1ccc(S(=O)(=O)N2C[C@@H](C(=O)NC3CCCCC3)Oc3cc(C)ccc32)cc1. The first-order valence-corrected chi connectivity index (χ1v) is 12.1. The Morgan fingerprint density at radius 1 is 1.10 bits per heavy atom. The van der Waals surface area contributed by atoms with Crippen LogP contribution in [0.3, 0.4) is 0 Å². The Bertz CT molecular complexity index is 1050. The largest absolute Gasteiger partial charge is 0.497 e. The fourth-order valence-corrected chi connectivity index (χ4v) is 5.62. The van der Waals surface area contributed by atoms with E-state index in [-0.39, 0.29) is 23.4 Å². The van der Waals surface area contributed by atoms with Crippen LogP contribution in [0, 0.1) is 6.92 Å². The summed E-state index contributed by atoms with van der Waals surface area (Å²) in [6.07, 6.45) is 4.35. The minimum absolute atomic E-state index is 0.0804. The molecule has 1 aliphatic carbocycles. The van der Waals surface area contributed by atoms with Crippen LogP contribution >= 0.6 is 0 Å². The maximum Gasteiger partial charge on any atom is 0.264 e. The highest BCUT2D eigenvalue weighted by Gasteiger charge is 2.38. The third-order valence-electron chi connectivity index (χ3n) is 5.88. The molecule has 0 unspecified atom stereocenters. The number of aryl methyl sites for hydroxylation is 1. The first-order valence-electron chi connectivity index (χ1n) is 10.6. The van der Waals surface area contributed by atoms with Crippen LogP contribution < -0.4 is 19.1 Å². The number of sulfonamides is 1. The molecule has 1 atom stereocenters. The summed E-state index contributed by atoms with van der Waals surface area (Å²) in [5.41, 5.74) is 1.36. The number of hydrogen-bond donors (Lipinski definition) is 1. The molecule has 0 aromatic heterocycles. The van der Waals surface area contributed by atoms with E-state index >= 15 is 0 Å². The lowest BCUT2D eigenvalue weighted by Gasteiger charge is -2.35. The molecule has 4 rings (SSSR count). The van der Waals surface area contributed by atoms with Gasteiger partial charge in [-0.3, -0.25) is 9.10 Å². The molecule has 0 spiro atoms. The van der Waals surface area contributed by atoms with Gasteiger partial charge in [0.15, 0.2) is 6.10 Å². The lowest BCUT2D eigenvalue weighted by molar-refractivity contribution is -0.128. The van der Waals surface area contributed by atoms with Crippen LogP contribution in [0.5, 0.6) is 11.5 Å². The zero-order chi connectivity index (χ0) is 22.0. The Hall–Kier alpha value is -2.74. The van der Waals surface area contributed by atoms with E-state index in [0.717, 1.165) is 31.2 Å². The number of amides is 1. The van der Waals surface area contributed by atoms with Crippen LogP contribution in [0.25, 0.3) is 0 Å². The Balaban J connectivity index is 1.64. The van der Waals surface area contributed by atoms with Crippen molar-refractivity contribution in [1.82, 2.24) is 5.32 Å². The van der Waals surface area contributed by atoms with E-state index in [9.17, 15) is 13.2 Å². The van der Waals surface area contributed by atoms with Crippen LogP contribution in [0.15, 0.2) is 47.4 Å². The van der Waals surface area contributed by atoms with Gasteiger partial charge < -0.3 is 14.8 Å². The van der Waals surface area contributed by atoms with Crippen molar-refractivity contribution < 1.29 is 22.7 Å². The summed E-state index contributed by atoms with van der Waals surface area (Å²) in [5, 5.41) is 3.06. The van der Waals surface area contributed by atoms with Crippen molar-refractivity contribution in [3.05, 3.63) is 48.0 Å². The number of carbonyl (C=O) groups is 1. The fraction of sp³-hybridized carbons (Fsp3) is 0.435. The van der Waals surface area contributed by atoms with Crippen LogP contribution in [-0.2, 0) is 14.8 Å². The molecule has 1 amide bonds. The summed E-state index contributed by atoms with van der Waals surface area (Å²) in [4.78, 5) is 13.1. The number of nitrogens with zero attached hydrogens (tertiary/aromatic N) is 1. The number of carbonyl (C=O) groups excluding carboxylic acids is 1. The van der Waals surface area contributed by atoms with Crippen molar-refractivity contribution in [1.29, 1.82) is 0 Å². The van der Waals surface area contributed by atoms with Crippen molar-refractivity contribution in [3.8, 4) is 11.5 Å². The molecule has 7 nitrogen and oxygen atoms in total. The van der Waals surface area contributed by atoms with Gasteiger partial charge >= 0.3 is 0 Å². The van der Waals surface area contributed by atoms with Gasteiger partial charge in [-0.25, -0.2) is 8.42 Å². The van der Waals surface area contributed by atoms with Crippen molar-refractivity contribution in [2.24, 2.45) is 0 Å². The summed E-state index contributed by atoms with van der Waals surface area (Å²) in [7, 11) is -2.37. The zero-order valence-electron chi connectivity index (χ0n) is 17.8. The smallest absolute Gasteiger partial charge is 0.264 e. The third kappa shape index (κ3) is 4.49. The highest BCUT2D eigenvalue weighted by molar-refractivity contribution is 7.92. The number of benzene rings is 2. The van der Waals surface area contributed by atoms with Gasteiger partial charge in [0.25, 0.3) is 15.9 Å². The van der Waals surface area contributed by atoms with Crippen molar-refractivity contribution in [2.45, 2.75) is 56.1 Å². The number of methoxy groups -OCH3 is 1. The number of rotatable bonds is 5. The average molecular weight is 445 g/mol. The molecule has 2 aromatic rings. The standard InChI is InChI=1S/C23H28N2O5S/c1-16-8-13-20-21(14-16)30-22(23(26)24-17-6-4-3-5-7-17)15-25(20)31(27,28)19-11-9-18(29-2)10-12-19/h8-14,17,22H,3-7,15H2,1-2H3,(H,24,26)/t22-/m0/s1. The molecule has 0 saturated heterocycles. The number of anilines is 1. The minimum atomic E-state index is -3.90. The normalized spacial score (nSPS) is 19.3. The third-order valence-corrected chi connectivity index (χ3v) is 7.67. The van der Waals surface area contributed by atoms with Crippen molar-refractivity contribution in [3.63, 3.8) is 0 Å². The number of nitrogens with one attached hydrogen (secondary N) is 1. The highest BCUT2D eigenvalue weighted by Crippen LogP contribution is 2.38. The van der Waals surface area contributed by atoms with Gasteiger partial charge in [0.05, 0.1) is 24.2 Å². The second-order valence-corrected chi connectivity index (χ2v) is 10.00. The Kier molecular flexibility index (Phi) is 6.09. The summed E-state index contributed by atoms with van der Waals surface area (Å²) in [6, 6.07) is 11.7.